The van der Waals surface area contributed by atoms with Crippen LogP contribution in [-0.4, -0.2) is 61.2 Å². The smallest absolute Gasteiger partial charge is 0.224 e. The zero-order valence-corrected chi connectivity index (χ0v) is 16.6. The number of nitrogens with zero attached hydrogens (tertiary/aromatic N) is 4. The number of carbonyl (C=O) groups excluding carboxylic acids is 1. The molecular weight excluding hydrogens is 384 g/mol. The maximum atomic E-state index is 12.3. The molecule has 1 aliphatic carbocycles. The van der Waals surface area contributed by atoms with Gasteiger partial charge in [-0.25, -0.2) is 9.67 Å². The molecule has 1 fully saturated rings. The van der Waals surface area contributed by atoms with E-state index in [2.05, 4.69) is 25.7 Å². The minimum atomic E-state index is -0.595. The highest BCUT2D eigenvalue weighted by Crippen LogP contribution is 2.26. The first-order chi connectivity index (χ1) is 14.7. The van der Waals surface area contributed by atoms with Gasteiger partial charge in [0.25, 0.3) is 0 Å². The largest absolute Gasteiger partial charge is 0.394 e. The van der Waals surface area contributed by atoms with E-state index in [1.165, 1.54) is 0 Å². The number of para-hydroxylation sites is 1. The van der Waals surface area contributed by atoms with Crippen LogP contribution >= 0.6 is 0 Å². The highest BCUT2D eigenvalue weighted by Gasteiger charge is 2.27. The van der Waals surface area contributed by atoms with Crippen molar-refractivity contribution in [1.82, 2.24) is 25.1 Å². The quantitative estimate of drug-likeness (QED) is 0.462. The zero-order valence-electron chi connectivity index (χ0n) is 16.6. The van der Waals surface area contributed by atoms with Gasteiger partial charge in [0.2, 0.25) is 11.9 Å². The molecule has 0 saturated heterocycles. The topological polar surface area (TPSA) is 125 Å². The average molecular weight is 410 g/mol. The van der Waals surface area contributed by atoms with Crippen LogP contribution in [-0.2, 0) is 4.79 Å². The molecule has 4 rings (SSSR count). The van der Waals surface area contributed by atoms with E-state index in [9.17, 15) is 4.79 Å². The monoisotopic (exact) mass is 410 g/mol. The Labute approximate surface area is 174 Å². The van der Waals surface area contributed by atoms with Crippen LogP contribution in [0.3, 0.4) is 0 Å². The lowest BCUT2D eigenvalue weighted by Gasteiger charge is -2.29. The number of amides is 1. The predicted molar refractivity (Wildman–Crippen MR) is 112 cm³/mol. The highest BCUT2D eigenvalue weighted by atomic mass is 16.3. The molecule has 4 N–H and O–H groups in total. The van der Waals surface area contributed by atoms with Crippen LogP contribution in [0.15, 0.2) is 42.7 Å². The van der Waals surface area contributed by atoms with E-state index in [4.69, 9.17) is 10.2 Å². The third-order valence-electron chi connectivity index (χ3n) is 5.55. The van der Waals surface area contributed by atoms with Gasteiger partial charge in [0.15, 0.2) is 5.82 Å². The molecule has 3 aromatic rings. The summed E-state index contributed by atoms with van der Waals surface area (Å²) in [6, 6.07) is 9.38. The summed E-state index contributed by atoms with van der Waals surface area (Å²) in [5.41, 5.74) is 0.984. The van der Waals surface area contributed by atoms with Crippen molar-refractivity contribution in [3.05, 3.63) is 42.7 Å². The van der Waals surface area contributed by atoms with E-state index < -0.39 is 6.04 Å². The van der Waals surface area contributed by atoms with Gasteiger partial charge in [-0.15, -0.1) is 0 Å². The molecule has 0 radical (unpaired) electrons. The van der Waals surface area contributed by atoms with Crippen LogP contribution in [0.25, 0.3) is 16.7 Å². The van der Waals surface area contributed by atoms with Gasteiger partial charge in [-0.3, -0.25) is 4.79 Å². The summed E-state index contributed by atoms with van der Waals surface area (Å²) >= 11 is 0. The van der Waals surface area contributed by atoms with Crippen molar-refractivity contribution in [2.75, 3.05) is 18.5 Å². The minimum absolute atomic E-state index is 0.105. The Bertz CT molecular complexity index is 995. The molecule has 0 spiro atoms. The Balaban J connectivity index is 1.37. The first kappa shape index (κ1) is 20.2. The Hall–Kier alpha value is -3.04. The standard InChI is InChI=1S/C21H26N6O3/c28-12-17(13-29)24-20(30)14-5-7-16(8-6-14)25-21-22-10-9-19(26-21)27-18-4-2-1-3-15(18)11-23-27/h1-4,9-11,14,16-17,28-29H,5-8,12-13H2,(H,24,30)(H,22,25,26)/t14-,16-. The number of fused-ring (bicyclic) bond motifs is 1. The number of nitrogens with one attached hydrogen (secondary N) is 2. The first-order valence-electron chi connectivity index (χ1n) is 10.2. The molecule has 1 aromatic carbocycles. The summed E-state index contributed by atoms with van der Waals surface area (Å²) in [4.78, 5) is 21.2. The third-order valence-corrected chi connectivity index (χ3v) is 5.55. The number of anilines is 1. The summed E-state index contributed by atoms with van der Waals surface area (Å²) < 4.78 is 1.79. The van der Waals surface area contributed by atoms with Crippen LogP contribution in [0.1, 0.15) is 25.7 Å². The highest BCUT2D eigenvalue weighted by molar-refractivity contribution is 5.80. The van der Waals surface area contributed by atoms with E-state index in [-0.39, 0.29) is 31.1 Å². The normalized spacial score (nSPS) is 19.2. The molecule has 1 amide bonds. The molecule has 2 aromatic heterocycles. The van der Waals surface area contributed by atoms with Crippen LogP contribution in [0.2, 0.25) is 0 Å². The zero-order chi connectivity index (χ0) is 20.9. The van der Waals surface area contributed by atoms with E-state index in [1.807, 2.05) is 36.5 Å². The number of hydrogen-bond donors (Lipinski definition) is 4. The first-order valence-corrected chi connectivity index (χ1v) is 10.2. The second-order valence-corrected chi connectivity index (χ2v) is 7.62. The number of aliphatic hydroxyl groups is 2. The van der Waals surface area contributed by atoms with Crippen molar-refractivity contribution in [1.29, 1.82) is 0 Å². The van der Waals surface area contributed by atoms with Gasteiger partial charge < -0.3 is 20.8 Å². The lowest BCUT2D eigenvalue weighted by molar-refractivity contribution is -0.127. The molecule has 1 aliphatic rings. The fourth-order valence-electron chi connectivity index (χ4n) is 3.84. The molecule has 0 aliphatic heterocycles. The summed E-state index contributed by atoms with van der Waals surface area (Å²) in [5, 5.41) is 29.8. The lowest BCUT2D eigenvalue weighted by Crippen LogP contribution is -2.44. The molecule has 30 heavy (non-hydrogen) atoms. The second kappa shape index (κ2) is 9.19. The molecule has 9 nitrogen and oxygen atoms in total. The molecule has 158 valence electrons. The number of carbonyl (C=O) groups is 1. The maximum Gasteiger partial charge on any atom is 0.224 e. The molecule has 9 heteroatoms. The van der Waals surface area contributed by atoms with Gasteiger partial charge in [0.1, 0.15) is 0 Å². The Morgan fingerprint density at radius 2 is 1.90 bits per heavy atom. The Kier molecular flexibility index (Phi) is 6.20. The summed E-state index contributed by atoms with van der Waals surface area (Å²) in [7, 11) is 0. The van der Waals surface area contributed by atoms with Gasteiger partial charge in [0.05, 0.1) is 31.0 Å². The van der Waals surface area contributed by atoms with Crippen LogP contribution in [0.5, 0.6) is 0 Å². The molecule has 0 atom stereocenters. The SMILES string of the molecule is O=C(NC(CO)CO)[C@H]1CC[C@H](Nc2nccc(-n3ncc4ccccc43)n2)CC1. The van der Waals surface area contributed by atoms with Crippen molar-refractivity contribution in [3.63, 3.8) is 0 Å². The third kappa shape index (κ3) is 4.42. The maximum absolute atomic E-state index is 12.3. The van der Waals surface area contributed by atoms with Crippen molar-refractivity contribution >= 4 is 22.8 Å². The number of aromatic nitrogens is 4. The average Bonchev–Trinajstić information content (AvgIpc) is 3.22. The van der Waals surface area contributed by atoms with Crippen molar-refractivity contribution < 1.29 is 15.0 Å². The fraction of sp³-hybridized carbons (Fsp3) is 0.429. The molecule has 0 unspecified atom stereocenters. The molecule has 2 heterocycles. The second-order valence-electron chi connectivity index (χ2n) is 7.62. The van der Waals surface area contributed by atoms with Crippen molar-refractivity contribution in [2.45, 2.75) is 37.8 Å². The number of aliphatic hydroxyl groups excluding tert-OH is 2. The van der Waals surface area contributed by atoms with Gasteiger partial charge in [-0.1, -0.05) is 18.2 Å². The number of hydrogen-bond acceptors (Lipinski definition) is 7. The minimum Gasteiger partial charge on any atom is -0.394 e. The van der Waals surface area contributed by atoms with Crippen LogP contribution in [0, 0.1) is 5.92 Å². The fourth-order valence-corrected chi connectivity index (χ4v) is 3.84. The van der Waals surface area contributed by atoms with Gasteiger partial charge >= 0.3 is 0 Å². The van der Waals surface area contributed by atoms with E-state index in [1.54, 1.807) is 10.9 Å². The lowest BCUT2D eigenvalue weighted by atomic mass is 9.85. The molecule has 1 saturated carbocycles. The van der Waals surface area contributed by atoms with Gasteiger partial charge in [-0.05, 0) is 31.7 Å². The number of rotatable bonds is 7. The molecular formula is C21H26N6O3. The van der Waals surface area contributed by atoms with Crippen LogP contribution in [0.4, 0.5) is 5.95 Å². The van der Waals surface area contributed by atoms with E-state index >= 15 is 0 Å². The number of benzene rings is 1. The van der Waals surface area contributed by atoms with Gasteiger partial charge in [-0.2, -0.15) is 10.1 Å². The summed E-state index contributed by atoms with van der Waals surface area (Å²) in [5.74, 6) is 1.03. The summed E-state index contributed by atoms with van der Waals surface area (Å²) in [6.07, 6.45) is 6.63. The predicted octanol–water partition coefficient (Wildman–Crippen LogP) is 1.26. The Morgan fingerprint density at radius 1 is 1.13 bits per heavy atom. The van der Waals surface area contributed by atoms with E-state index in [0.29, 0.717) is 11.8 Å². The van der Waals surface area contributed by atoms with Crippen molar-refractivity contribution in [3.8, 4) is 5.82 Å². The summed E-state index contributed by atoms with van der Waals surface area (Å²) in [6.45, 7) is -0.531. The van der Waals surface area contributed by atoms with Crippen LogP contribution < -0.4 is 10.6 Å². The van der Waals surface area contributed by atoms with Gasteiger partial charge in [0, 0.05) is 29.6 Å². The molecule has 0 bridgehead atoms. The van der Waals surface area contributed by atoms with Crippen molar-refractivity contribution in [2.24, 2.45) is 5.92 Å². The van der Waals surface area contributed by atoms with E-state index in [0.717, 1.165) is 36.6 Å². The Morgan fingerprint density at radius 3 is 2.67 bits per heavy atom.